The van der Waals surface area contributed by atoms with Crippen LogP contribution >= 0.6 is 0 Å². The van der Waals surface area contributed by atoms with E-state index >= 15 is 0 Å². The molecular formula is C21H27N3O. The highest BCUT2D eigenvalue weighted by Crippen LogP contribution is 2.32. The van der Waals surface area contributed by atoms with Crippen LogP contribution in [0.25, 0.3) is 0 Å². The van der Waals surface area contributed by atoms with E-state index in [0.29, 0.717) is 6.04 Å². The van der Waals surface area contributed by atoms with Gasteiger partial charge in [0.2, 0.25) is 0 Å². The van der Waals surface area contributed by atoms with E-state index in [1.165, 1.54) is 29.5 Å². The molecule has 0 aliphatic carbocycles. The summed E-state index contributed by atoms with van der Waals surface area (Å²) in [6, 6.07) is 11.2. The number of fused-ring (bicyclic) bond motifs is 1. The number of rotatable bonds is 4. The van der Waals surface area contributed by atoms with Crippen LogP contribution in [0, 0.1) is 6.92 Å². The lowest BCUT2D eigenvalue weighted by Gasteiger charge is -2.20. The molecule has 25 heavy (non-hydrogen) atoms. The molecule has 0 radical (unpaired) electrons. The Balaban J connectivity index is 1.43. The summed E-state index contributed by atoms with van der Waals surface area (Å²) in [5.41, 5.74) is 3.81. The van der Waals surface area contributed by atoms with Crippen LogP contribution in [-0.2, 0) is 6.54 Å². The highest BCUT2D eigenvalue weighted by Gasteiger charge is 2.19. The second kappa shape index (κ2) is 7.44. The van der Waals surface area contributed by atoms with Gasteiger partial charge in [0.1, 0.15) is 11.6 Å². The first-order chi connectivity index (χ1) is 12.3. The molecule has 2 aliphatic rings. The van der Waals surface area contributed by atoms with Crippen LogP contribution in [0.5, 0.6) is 5.75 Å². The van der Waals surface area contributed by atoms with E-state index in [2.05, 4.69) is 52.5 Å². The fourth-order valence-corrected chi connectivity index (χ4v) is 3.80. The van der Waals surface area contributed by atoms with E-state index in [1.807, 2.05) is 6.20 Å². The van der Waals surface area contributed by atoms with Gasteiger partial charge < -0.3 is 15.0 Å². The second-order valence-corrected chi connectivity index (χ2v) is 7.18. The van der Waals surface area contributed by atoms with Crippen LogP contribution < -0.4 is 15.0 Å². The maximum atomic E-state index is 5.90. The van der Waals surface area contributed by atoms with E-state index in [-0.39, 0.29) is 0 Å². The van der Waals surface area contributed by atoms with Gasteiger partial charge in [-0.05, 0) is 50.3 Å². The highest BCUT2D eigenvalue weighted by atomic mass is 16.5. The molecule has 2 aromatic rings. The summed E-state index contributed by atoms with van der Waals surface area (Å²) in [6.07, 6.45) is 6.78. The van der Waals surface area contributed by atoms with Crippen molar-refractivity contribution in [2.75, 3.05) is 24.6 Å². The Morgan fingerprint density at radius 1 is 1.16 bits per heavy atom. The van der Waals surface area contributed by atoms with Crippen LogP contribution in [0.2, 0.25) is 0 Å². The van der Waals surface area contributed by atoms with Gasteiger partial charge in [-0.1, -0.05) is 23.8 Å². The van der Waals surface area contributed by atoms with Crippen molar-refractivity contribution in [3.8, 4) is 5.75 Å². The zero-order valence-corrected chi connectivity index (χ0v) is 15.0. The fourth-order valence-electron chi connectivity index (χ4n) is 3.80. The molecule has 0 spiro atoms. The summed E-state index contributed by atoms with van der Waals surface area (Å²) in [4.78, 5) is 7.04. The fraction of sp³-hybridized carbons (Fsp3) is 0.476. The maximum absolute atomic E-state index is 5.90. The number of aromatic nitrogens is 1. The first-order valence-corrected chi connectivity index (χ1v) is 9.46. The quantitative estimate of drug-likeness (QED) is 0.915. The molecule has 4 nitrogen and oxygen atoms in total. The highest BCUT2D eigenvalue weighted by molar-refractivity contribution is 5.41. The Labute approximate surface area is 150 Å². The van der Waals surface area contributed by atoms with Gasteiger partial charge in [0.15, 0.2) is 0 Å². The Bertz CT molecular complexity index is 708. The zero-order valence-electron chi connectivity index (χ0n) is 15.0. The molecule has 3 heterocycles. The molecule has 2 aliphatic heterocycles. The standard InChI is InChI=1S/C21H27N3O/c1-16-6-8-20-18(13-16)19(5-4-12-25-20)22-14-17-7-9-21(23-15-17)24-10-2-3-11-24/h6-9,13,15,19,22H,2-5,10-12,14H2,1H3/t19-/m1/s1. The maximum Gasteiger partial charge on any atom is 0.128 e. The third-order valence-corrected chi connectivity index (χ3v) is 5.23. The lowest BCUT2D eigenvalue weighted by molar-refractivity contribution is 0.315. The summed E-state index contributed by atoms with van der Waals surface area (Å²) in [5, 5.41) is 3.72. The van der Waals surface area contributed by atoms with E-state index < -0.39 is 0 Å². The van der Waals surface area contributed by atoms with E-state index in [1.54, 1.807) is 0 Å². The van der Waals surface area contributed by atoms with Crippen LogP contribution in [0.3, 0.4) is 0 Å². The zero-order chi connectivity index (χ0) is 17.1. The molecule has 132 valence electrons. The molecule has 0 saturated carbocycles. The number of ether oxygens (including phenoxy) is 1. The lowest BCUT2D eigenvalue weighted by Crippen LogP contribution is -2.21. The predicted octanol–water partition coefficient (Wildman–Crippen LogP) is 3.99. The third kappa shape index (κ3) is 3.79. The van der Waals surface area contributed by atoms with Crippen molar-refractivity contribution < 1.29 is 4.74 Å². The predicted molar refractivity (Wildman–Crippen MR) is 101 cm³/mol. The number of pyridine rings is 1. The van der Waals surface area contributed by atoms with E-state index in [4.69, 9.17) is 4.74 Å². The summed E-state index contributed by atoms with van der Waals surface area (Å²) >= 11 is 0. The molecule has 0 bridgehead atoms. The second-order valence-electron chi connectivity index (χ2n) is 7.18. The minimum absolute atomic E-state index is 0.343. The first-order valence-electron chi connectivity index (χ1n) is 9.46. The van der Waals surface area contributed by atoms with E-state index in [0.717, 1.165) is 50.7 Å². The van der Waals surface area contributed by atoms with Crippen LogP contribution in [-0.4, -0.2) is 24.7 Å². The summed E-state index contributed by atoms with van der Waals surface area (Å²) in [6.45, 7) is 6.07. The van der Waals surface area contributed by atoms with Crippen molar-refractivity contribution in [1.82, 2.24) is 10.3 Å². The van der Waals surface area contributed by atoms with Gasteiger partial charge in [0.05, 0.1) is 6.61 Å². The van der Waals surface area contributed by atoms with Crippen LogP contribution in [0.15, 0.2) is 36.5 Å². The third-order valence-electron chi connectivity index (χ3n) is 5.23. The summed E-state index contributed by atoms with van der Waals surface area (Å²) < 4.78 is 5.90. The van der Waals surface area contributed by atoms with Crippen molar-refractivity contribution in [3.63, 3.8) is 0 Å². The Hall–Kier alpha value is -2.07. The van der Waals surface area contributed by atoms with Crippen LogP contribution in [0.4, 0.5) is 5.82 Å². The number of benzene rings is 1. The molecule has 0 unspecified atom stereocenters. The molecule has 1 N–H and O–H groups in total. The number of hydrogen-bond acceptors (Lipinski definition) is 4. The molecule has 0 amide bonds. The molecule has 1 fully saturated rings. The Morgan fingerprint density at radius 3 is 2.84 bits per heavy atom. The van der Waals surface area contributed by atoms with Gasteiger partial charge in [-0.15, -0.1) is 0 Å². The first kappa shape index (κ1) is 16.4. The van der Waals surface area contributed by atoms with Crippen molar-refractivity contribution in [3.05, 3.63) is 53.2 Å². The Kier molecular flexibility index (Phi) is 4.88. The van der Waals surface area contributed by atoms with Gasteiger partial charge in [-0.25, -0.2) is 4.98 Å². The van der Waals surface area contributed by atoms with Crippen LogP contribution in [0.1, 0.15) is 48.4 Å². The Morgan fingerprint density at radius 2 is 2.04 bits per heavy atom. The molecule has 1 aromatic heterocycles. The molecule has 4 rings (SSSR count). The molecule has 1 atom stereocenters. The lowest BCUT2D eigenvalue weighted by atomic mass is 10.00. The van der Waals surface area contributed by atoms with Gasteiger partial charge in [-0.2, -0.15) is 0 Å². The molecule has 4 heteroatoms. The average molecular weight is 337 g/mol. The monoisotopic (exact) mass is 337 g/mol. The van der Waals surface area contributed by atoms with Gasteiger partial charge in [0.25, 0.3) is 0 Å². The van der Waals surface area contributed by atoms with E-state index in [9.17, 15) is 0 Å². The van der Waals surface area contributed by atoms with Gasteiger partial charge >= 0.3 is 0 Å². The number of aryl methyl sites for hydroxylation is 1. The van der Waals surface area contributed by atoms with Gasteiger partial charge in [0, 0.05) is 37.4 Å². The minimum atomic E-state index is 0.343. The molecular weight excluding hydrogens is 310 g/mol. The number of hydrogen-bond donors (Lipinski definition) is 1. The van der Waals surface area contributed by atoms with Crippen molar-refractivity contribution in [2.45, 2.75) is 45.2 Å². The topological polar surface area (TPSA) is 37.4 Å². The largest absolute Gasteiger partial charge is 0.493 e. The van der Waals surface area contributed by atoms with Crippen molar-refractivity contribution >= 4 is 5.82 Å². The van der Waals surface area contributed by atoms with Crippen molar-refractivity contribution in [1.29, 1.82) is 0 Å². The SMILES string of the molecule is Cc1ccc2c(c1)[C@H](NCc1ccc(N3CCCC3)nc1)CCCO2. The normalized spacial score (nSPS) is 20.0. The number of anilines is 1. The average Bonchev–Trinajstić information content (AvgIpc) is 3.10. The van der Waals surface area contributed by atoms with Crippen molar-refractivity contribution in [2.24, 2.45) is 0 Å². The van der Waals surface area contributed by atoms with Gasteiger partial charge in [-0.3, -0.25) is 0 Å². The number of nitrogens with zero attached hydrogens (tertiary/aromatic N) is 2. The minimum Gasteiger partial charge on any atom is -0.493 e. The summed E-state index contributed by atoms with van der Waals surface area (Å²) in [5.74, 6) is 2.15. The molecule has 1 aromatic carbocycles. The smallest absolute Gasteiger partial charge is 0.128 e. The molecule has 1 saturated heterocycles. The summed E-state index contributed by atoms with van der Waals surface area (Å²) in [7, 11) is 0. The number of nitrogens with one attached hydrogen (secondary N) is 1.